The SMILES string of the molecule is CC(NC(=S)NC1CCCCC1)C1CCCO1. The zero-order chi connectivity index (χ0) is 12.1. The lowest BCUT2D eigenvalue weighted by Crippen LogP contribution is -2.49. The third kappa shape index (κ3) is 4.11. The Morgan fingerprint density at radius 2 is 1.94 bits per heavy atom. The number of nitrogens with one attached hydrogen (secondary N) is 2. The van der Waals surface area contributed by atoms with E-state index in [0.717, 1.165) is 18.1 Å². The van der Waals surface area contributed by atoms with Crippen molar-refractivity contribution >= 4 is 17.3 Å². The Morgan fingerprint density at radius 3 is 2.59 bits per heavy atom. The summed E-state index contributed by atoms with van der Waals surface area (Å²) in [5.41, 5.74) is 0. The Morgan fingerprint density at radius 1 is 1.18 bits per heavy atom. The van der Waals surface area contributed by atoms with Gasteiger partial charge in [0.2, 0.25) is 0 Å². The maximum absolute atomic E-state index is 5.66. The maximum Gasteiger partial charge on any atom is 0.166 e. The van der Waals surface area contributed by atoms with Crippen LogP contribution in [0.2, 0.25) is 0 Å². The first-order chi connectivity index (χ1) is 8.25. The van der Waals surface area contributed by atoms with E-state index in [0.29, 0.717) is 18.2 Å². The Hall–Kier alpha value is -0.350. The standard InChI is InChI=1S/C13H24N2OS/c1-10(12-8-5-9-16-12)14-13(17)15-11-6-3-2-4-7-11/h10-12H,2-9H2,1H3,(H2,14,15,17). The summed E-state index contributed by atoms with van der Waals surface area (Å²) >= 11 is 5.37. The molecule has 2 N–H and O–H groups in total. The molecule has 1 aliphatic carbocycles. The van der Waals surface area contributed by atoms with Crippen molar-refractivity contribution in [1.82, 2.24) is 10.6 Å². The molecule has 0 radical (unpaired) electrons. The first kappa shape index (κ1) is 13.1. The number of rotatable bonds is 3. The lowest BCUT2D eigenvalue weighted by atomic mass is 9.96. The number of hydrogen-bond donors (Lipinski definition) is 2. The summed E-state index contributed by atoms with van der Waals surface area (Å²) in [6.45, 7) is 3.06. The van der Waals surface area contributed by atoms with Crippen molar-refractivity contribution in [3.8, 4) is 0 Å². The lowest BCUT2D eigenvalue weighted by molar-refractivity contribution is 0.0892. The van der Waals surface area contributed by atoms with Gasteiger partial charge in [-0.15, -0.1) is 0 Å². The first-order valence-electron chi connectivity index (χ1n) is 6.94. The van der Waals surface area contributed by atoms with E-state index in [1.807, 2.05) is 0 Å². The predicted molar refractivity (Wildman–Crippen MR) is 74.2 cm³/mol. The smallest absolute Gasteiger partial charge is 0.166 e. The highest BCUT2D eigenvalue weighted by Gasteiger charge is 2.23. The van der Waals surface area contributed by atoms with Crippen molar-refractivity contribution in [2.24, 2.45) is 0 Å². The second kappa shape index (κ2) is 6.55. The molecule has 2 aliphatic rings. The van der Waals surface area contributed by atoms with E-state index in [1.165, 1.54) is 38.5 Å². The molecule has 1 saturated heterocycles. The van der Waals surface area contributed by atoms with Crippen molar-refractivity contribution in [3.05, 3.63) is 0 Å². The van der Waals surface area contributed by atoms with Gasteiger partial charge in [0.1, 0.15) is 0 Å². The molecule has 2 fully saturated rings. The topological polar surface area (TPSA) is 33.3 Å². The molecule has 2 atom stereocenters. The Balaban J connectivity index is 1.68. The van der Waals surface area contributed by atoms with Crippen molar-refractivity contribution in [1.29, 1.82) is 0 Å². The maximum atomic E-state index is 5.66. The molecule has 3 nitrogen and oxygen atoms in total. The summed E-state index contributed by atoms with van der Waals surface area (Å²) in [6.07, 6.45) is 9.24. The van der Waals surface area contributed by atoms with Gasteiger partial charge in [-0.05, 0) is 44.8 Å². The fraction of sp³-hybridized carbons (Fsp3) is 0.923. The Labute approximate surface area is 110 Å². The quantitative estimate of drug-likeness (QED) is 0.760. The molecule has 1 saturated carbocycles. The van der Waals surface area contributed by atoms with Crippen LogP contribution in [0, 0.1) is 0 Å². The minimum absolute atomic E-state index is 0.320. The van der Waals surface area contributed by atoms with Gasteiger partial charge >= 0.3 is 0 Å². The molecule has 0 aromatic heterocycles. The van der Waals surface area contributed by atoms with Crippen LogP contribution in [0.25, 0.3) is 0 Å². The van der Waals surface area contributed by atoms with Crippen LogP contribution < -0.4 is 10.6 Å². The minimum atomic E-state index is 0.320. The van der Waals surface area contributed by atoms with E-state index in [-0.39, 0.29) is 0 Å². The van der Waals surface area contributed by atoms with Crippen LogP contribution in [-0.2, 0) is 4.74 Å². The molecule has 2 rings (SSSR count). The van der Waals surface area contributed by atoms with E-state index in [2.05, 4.69) is 17.6 Å². The number of ether oxygens (including phenoxy) is 1. The van der Waals surface area contributed by atoms with Gasteiger partial charge in [-0.1, -0.05) is 19.3 Å². The second-order valence-electron chi connectivity index (χ2n) is 5.29. The van der Waals surface area contributed by atoms with Gasteiger partial charge in [0.25, 0.3) is 0 Å². The van der Waals surface area contributed by atoms with Gasteiger partial charge in [0.05, 0.1) is 12.1 Å². The van der Waals surface area contributed by atoms with Crippen LogP contribution in [0.15, 0.2) is 0 Å². The predicted octanol–water partition coefficient (Wildman–Crippen LogP) is 2.35. The molecule has 4 heteroatoms. The molecule has 0 bridgehead atoms. The molecule has 17 heavy (non-hydrogen) atoms. The summed E-state index contributed by atoms with van der Waals surface area (Å²) in [6, 6.07) is 0.904. The highest BCUT2D eigenvalue weighted by atomic mass is 32.1. The molecule has 0 aromatic carbocycles. The van der Waals surface area contributed by atoms with Crippen molar-refractivity contribution in [2.75, 3.05) is 6.61 Å². The molecular weight excluding hydrogens is 232 g/mol. The van der Waals surface area contributed by atoms with E-state index < -0.39 is 0 Å². The first-order valence-corrected chi connectivity index (χ1v) is 7.35. The third-order valence-corrected chi connectivity index (χ3v) is 4.06. The molecule has 0 aromatic rings. The number of thiocarbonyl (C=S) groups is 1. The van der Waals surface area contributed by atoms with Gasteiger partial charge in [-0.2, -0.15) is 0 Å². The molecular formula is C13H24N2OS. The van der Waals surface area contributed by atoms with E-state index in [1.54, 1.807) is 0 Å². The van der Waals surface area contributed by atoms with Gasteiger partial charge in [0, 0.05) is 12.6 Å². The van der Waals surface area contributed by atoms with Gasteiger partial charge in [-0.3, -0.25) is 0 Å². The minimum Gasteiger partial charge on any atom is -0.376 e. The van der Waals surface area contributed by atoms with Crippen LogP contribution in [0.3, 0.4) is 0 Å². The summed E-state index contributed by atoms with van der Waals surface area (Å²) < 4.78 is 5.66. The fourth-order valence-corrected chi connectivity index (χ4v) is 3.12. The fourth-order valence-electron chi connectivity index (χ4n) is 2.77. The Kier molecular flexibility index (Phi) is 5.04. The second-order valence-corrected chi connectivity index (χ2v) is 5.70. The molecule has 1 aliphatic heterocycles. The Bertz CT molecular complexity index is 248. The third-order valence-electron chi connectivity index (χ3n) is 3.82. The van der Waals surface area contributed by atoms with Crippen LogP contribution in [0.5, 0.6) is 0 Å². The van der Waals surface area contributed by atoms with Crippen LogP contribution >= 0.6 is 12.2 Å². The lowest BCUT2D eigenvalue weighted by Gasteiger charge is -2.27. The van der Waals surface area contributed by atoms with Crippen LogP contribution in [0.1, 0.15) is 51.9 Å². The molecule has 0 amide bonds. The summed E-state index contributed by atoms with van der Waals surface area (Å²) in [4.78, 5) is 0. The monoisotopic (exact) mass is 256 g/mol. The molecule has 1 heterocycles. The van der Waals surface area contributed by atoms with Gasteiger partial charge in [-0.25, -0.2) is 0 Å². The van der Waals surface area contributed by atoms with Crippen molar-refractivity contribution in [3.63, 3.8) is 0 Å². The molecule has 0 spiro atoms. The van der Waals surface area contributed by atoms with Gasteiger partial charge in [0.15, 0.2) is 5.11 Å². The average molecular weight is 256 g/mol. The van der Waals surface area contributed by atoms with Gasteiger partial charge < -0.3 is 15.4 Å². The summed E-state index contributed by atoms with van der Waals surface area (Å²) in [7, 11) is 0. The summed E-state index contributed by atoms with van der Waals surface area (Å²) in [5, 5.41) is 7.61. The van der Waals surface area contributed by atoms with Crippen LogP contribution in [0.4, 0.5) is 0 Å². The summed E-state index contributed by atoms with van der Waals surface area (Å²) in [5.74, 6) is 0. The van der Waals surface area contributed by atoms with E-state index in [9.17, 15) is 0 Å². The zero-order valence-corrected chi connectivity index (χ0v) is 11.5. The van der Waals surface area contributed by atoms with E-state index in [4.69, 9.17) is 17.0 Å². The highest BCUT2D eigenvalue weighted by molar-refractivity contribution is 7.80. The van der Waals surface area contributed by atoms with E-state index >= 15 is 0 Å². The number of hydrogen-bond acceptors (Lipinski definition) is 2. The van der Waals surface area contributed by atoms with Crippen molar-refractivity contribution in [2.45, 2.75) is 70.1 Å². The average Bonchev–Trinajstić information content (AvgIpc) is 2.83. The molecule has 2 unspecified atom stereocenters. The highest BCUT2D eigenvalue weighted by Crippen LogP contribution is 2.18. The van der Waals surface area contributed by atoms with Crippen molar-refractivity contribution < 1.29 is 4.74 Å². The van der Waals surface area contributed by atoms with Crippen LogP contribution in [-0.4, -0.2) is 29.9 Å². The largest absolute Gasteiger partial charge is 0.376 e. The normalized spacial score (nSPS) is 27.7. The molecule has 98 valence electrons. The zero-order valence-electron chi connectivity index (χ0n) is 10.7.